The zero-order valence-corrected chi connectivity index (χ0v) is 22.3. The van der Waals surface area contributed by atoms with Crippen molar-refractivity contribution < 1.29 is 13.2 Å². The Kier molecular flexibility index (Phi) is 6.03. The maximum absolute atomic E-state index is 14.0. The Hall–Kier alpha value is -3.59. The van der Waals surface area contributed by atoms with Gasteiger partial charge in [-0.1, -0.05) is 42.0 Å². The van der Waals surface area contributed by atoms with Gasteiger partial charge in [0.05, 0.1) is 27.9 Å². The average molecular weight is 543 g/mol. The minimum Gasteiger partial charge on any atom is -0.339 e. The summed E-state index contributed by atoms with van der Waals surface area (Å²) in [5.41, 5.74) is 5.68. The molecule has 4 heterocycles. The monoisotopic (exact) mass is 542 g/mol. The van der Waals surface area contributed by atoms with E-state index in [9.17, 15) is 13.2 Å². The van der Waals surface area contributed by atoms with Crippen molar-refractivity contribution >= 4 is 56.0 Å². The first-order chi connectivity index (χ1) is 17.9. The van der Waals surface area contributed by atoms with Crippen molar-refractivity contribution in [1.29, 1.82) is 0 Å². The highest BCUT2D eigenvalue weighted by molar-refractivity contribution is 7.90. The van der Waals surface area contributed by atoms with Gasteiger partial charge in [-0.2, -0.15) is 35.5 Å². The lowest BCUT2D eigenvalue weighted by atomic mass is 9.83. The van der Waals surface area contributed by atoms with Crippen molar-refractivity contribution in [2.45, 2.75) is 24.3 Å². The third-order valence-electron chi connectivity index (χ3n) is 6.62. The van der Waals surface area contributed by atoms with Crippen LogP contribution in [0.4, 0.5) is 0 Å². The summed E-state index contributed by atoms with van der Waals surface area (Å²) in [7, 11) is -4.05. The van der Waals surface area contributed by atoms with Crippen LogP contribution in [0.25, 0.3) is 11.8 Å². The molecule has 2 aliphatic rings. The highest BCUT2D eigenvalue weighted by atomic mass is 32.2. The highest BCUT2D eigenvalue weighted by Crippen LogP contribution is 2.45. The maximum Gasteiger partial charge on any atom is 0.282 e. The number of hydrogen-bond donors (Lipinski definition) is 0. The molecule has 0 amide bonds. The van der Waals surface area contributed by atoms with E-state index in [0.717, 1.165) is 22.3 Å². The van der Waals surface area contributed by atoms with E-state index in [1.165, 1.54) is 11.3 Å². The van der Waals surface area contributed by atoms with Crippen molar-refractivity contribution in [2.24, 2.45) is 4.40 Å². The predicted octanol–water partition coefficient (Wildman–Crippen LogP) is 6.97. The molecule has 1 unspecified atom stereocenters. The number of thiophene rings is 2. The number of carbonyl (C=O) groups excluding carboxylic acids is 1. The van der Waals surface area contributed by atoms with Crippen LogP contribution in [0.1, 0.15) is 45.1 Å². The van der Waals surface area contributed by atoms with Gasteiger partial charge >= 0.3 is 0 Å². The van der Waals surface area contributed by atoms with Crippen LogP contribution in [-0.4, -0.2) is 24.8 Å². The molecule has 37 heavy (non-hydrogen) atoms. The Bertz CT molecular complexity index is 1680. The van der Waals surface area contributed by atoms with E-state index in [1.807, 2.05) is 60.3 Å². The van der Waals surface area contributed by atoms with Crippen LogP contribution in [0.15, 0.2) is 103 Å². The van der Waals surface area contributed by atoms with Crippen molar-refractivity contribution in [2.75, 3.05) is 0 Å². The van der Waals surface area contributed by atoms with Gasteiger partial charge in [0.2, 0.25) is 0 Å². The molecule has 0 fully saturated rings. The molecule has 0 saturated heterocycles. The molecule has 0 radical (unpaired) electrons. The molecule has 5 nitrogen and oxygen atoms in total. The van der Waals surface area contributed by atoms with E-state index in [0.29, 0.717) is 16.8 Å². The lowest BCUT2D eigenvalue weighted by Gasteiger charge is -2.41. The van der Waals surface area contributed by atoms with Gasteiger partial charge in [-0.15, -0.1) is 0 Å². The van der Waals surface area contributed by atoms with Gasteiger partial charge in [-0.25, -0.2) is 0 Å². The number of carbonyl (C=O) groups is 1. The summed E-state index contributed by atoms with van der Waals surface area (Å²) in [5.74, 6) is -0.229. The first-order valence-corrected chi connectivity index (χ1v) is 15.0. The molecule has 0 bridgehead atoms. The van der Waals surface area contributed by atoms with Gasteiger partial charge in [-0.3, -0.25) is 4.79 Å². The molecule has 0 spiro atoms. The number of benzene rings is 2. The van der Waals surface area contributed by atoms with Gasteiger partial charge in [0.15, 0.2) is 5.78 Å². The van der Waals surface area contributed by atoms with Gasteiger partial charge in [-0.05, 0) is 64.5 Å². The SMILES string of the molecule is Cc1ccc(S(=O)(=O)N=C2CC(c3ccsc3)N3C=Cc4ccccc4C3=C2C(=O)c2ccsc2)cc1. The van der Waals surface area contributed by atoms with E-state index in [-0.39, 0.29) is 28.9 Å². The number of allylic oxidation sites excluding steroid dienone is 1. The van der Waals surface area contributed by atoms with Crippen LogP contribution in [0.3, 0.4) is 0 Å². The lowest BCUT2D eigenvalue weighted by molar-refractivity contribution is 0.103. The fraction of sp³-hybridized carbons (Fsp3) is 0.103. The highest BCUT2D eigenvalue weighted by Gasteiger charge is 2.39. The van der Waals surface area contributed by atoms with Crippen LogP contribution in [0.5, 0.6) is 0 Å². The fourth-order valence-electron chi connectivity index (χ4n) is 4.79. The summed E-state index contributed by atoms with van der Waals surface area (Å²) >= 11 is 3.02. The van der Waals surface area contributed by atoms with Crippen molar-refractivity contribution in [3.05, 3.63) is 122 Å². The molecular weight excluding hydrogens is 521 g/mol. The fourth-order valence-corrected chi connectivity index (χ4v) is 7.17. The summed E-state index contributed by atoms with van der Waals surface area (Å²) in [6.45, 7) is 1.90. The predicted molar refractivity (Wildman–Crippen MR) is 150 cm³/mol. The van der Waals surface area contributed by atoms with Gasteiger partial charge in [0.1, 0.15) is 0 Å². The second-order valence-corrected chi connectivity index (χ2v) is 12.1. The summed E-state index contributed by atoms with van der Waals surface area (Å²) < 4.78 is 31.4. The number of nitrogens with zero attached hydrogens (tertiary/aromatic N) is 2. The molecule has 2 aliphatic heterocycles. The maximum atomic E-state index is 14.0. The Labute approximate surface area is 223 Å². The third-order valence-corrected chi connectivity index (χ3v) is 9.34. The summed E-state index contributed by atoms with van der Waals surface area (Å²) in [6.07, 6.45) is 4.31. The third kappa shape index (κ3) is 4.31. The van der Waals surface area contributed by atoms with E-state index >= 15 is 0 Å². The first kappa shape index (κ1) is 23.8. The number of aryl methyl sites for hydroxylation is 1. The van der Waals surface area contributed by atoms with E-state index in [1.54, 1.807) is 47.0 Å². The van der Waals surface area contributed by atoms with Crippen molar-refractivity contribution in [3.63, 3.8) is 0 Å². The van der Waals surface area contributed by atoms with Crippen molar-refractivity contribution in [1.82, 2.24) is 4.90 Å². The zero-order chi connectivity index (χ0) is 25.6. The standard InChI is InChI=1S/C29H22N2O3S3/c1-19-6-8-23(9-7-19)37(33,34)30-25-16-26(21-11-14-35-17-21)31-13-10-20-4-2-3-5-24(20)28(31)27(25)29(32)22-12-15-36-18-22/h2-15,17-18,26H,16H2,1H3. The normalized spacial score (nSPS) is 18.1. The quantitative estimate of drug-likeness (QED) is 0.255. The lowest BCUT2D eigenvalue weighted by Crippen LogP contribution is -2.36. The van der Waals surface area contributed by atoms with E-state index in [4.69, 9.17) is 0 Å². The number of hydrogen-bond acceptors (Lipinski definition) is 6. The molecule has 184 valence electrons. The smallest absolute Gasteiger partial charge is 0.282 e. The Morgan fingerprint density at radius 1 is 0.973 bits per heavy atom. The summed E-state index contributed by atoms with van der Waals surface area (Å²) in [5, 5.41) is 7.71. The number of ketones is 1. The summed E-state index contributed by atoms with van der Waals surface area (Å²) in [6, 6.07) is 18.1. The molecule has 0 aliphatic carbocycles. The van der Waals surface area contributed by atoms with E-state index in [2.05, 4.69) is 14.7 Å². The molecule has 2 aromatic carbocycles. The van der Waals surface area contributed by atoms with Crippen LogP contribution >= 0.6 is 22.7 Å². The summed E-state index contributed by atoms with van der Waals surface area (Å²) in [4.78, 5) is 16.2. The average Bonchev–Trinajstić information content (AvgIpc) is 3.63. The first-order valence-electron chi connectivity index (χ1n) is 11.7. The van der Waals surface area contributed by atoms with Gasteiger partial charge < -0.3 is 4.90 Å². The van der Waals surface area contributed by atoms with Crippen LogP contribution in [-0.2, 0) is 10.0 Å². The van der Waals surface area contributed by atoms with Crippen LogP contribution < -0.4 is 0 Å². The minimum absolute atomic E-state index is 0.108. The number of Topliss-reactive ketones (excluding diaryl/α,β-unsaturated/α-hetero) is 1. The number of sulfonamides is 1. The zero-order valence-electron chi connectivity index (χ0n) is 19.9. The van der Waals surface area contributed by atoms with Crippen LogP contribution in [0.2, 0.25) is 0 Å². The molecule has 1 atom stereocenters. The molecule has 8 heteroatoms. The Morgan fingerprint density at radius 2 is 1.73 bits per heavy atom. The molecule has 2 aromatic heterocycles. The molecule has 4 aromatic rings. The van der Waals surface area contributed by atoms with Gasteiger partial charge in [0, 0.05) is 29.1 Å². The largest absolute Gasteiger partial charge is 0.339 e. The van der Waals surface area contributed by atoms with Gasteiger partial charge in [0.25, 0.3) is 10.0 Å². The number of rotatable bonds is 5. The topological polar surface area (TPSA) is 66.8 Å². The molecule has 6 rings (SSSR count). The molecule has 0 N–H and O–H groups in total. The van der Waals surface area contributed by atoms with Crippen LogP contribution in [0, 0.1) is 6.92 Å². The Balaban J connectivity index is 1.63. The second-order valence-electron chi connectivity index (χ2n) is 8.98. The Morgan fingerprint density at radius 3 is 2.46 bits per heavy atom. The number of fused-ring (bicyclic) bond motifs is 3. The minimum atomic E-state index is -4.05. The molecule has 0 saturated carbocycles. The van der Waals surface area contributed by atoms with E-state index < -0.39 is 10.0 Å². The van der Waals surface area contributed by atoms with Crippen molar-refractivity contribution in [3.8, 4) is 0 Å². The second kappa shape index (κ2) is 9.37. The molecular formula is C29H22N2O3S3.